The van der Waals surface area contributed by atoms with E-state index in [-0.39, 0.29) is 24.5 Å². The molecule has 7 heteroatoms. The Labute approximate surface area is 149 Å². The molecule has 1 saturated carbocycles. The van der Waals surface area contributed by atoms with E-state index in [1.54, 1.807) is 4.90 Å². The first kappa shape index (κ1) is 18.0. The summed E-state index contributed by atoms with van der Waals surface area (Å²) >= 11 is 0. The van der Waals surface area contributed by atoms with Crippen LogP contribution in [0.15, 0.2) is 0 Å². The van der Waals surface area contributed by atoms with E-state index in [0.717, 1.165) is 38.8 Å². The highest BCUT2D eigenvalue weighted by Gasteiger charge is 2.34. The summed E-state index contributed by atoms with van der Waals surface area (Å²) in [6, 6.07) is 2.51. The minimum Gasteiger partial charge on any atom is -0.326 e. The van der Waals surface area contributed by atoms with Gasteiger partial charge >= 0.3 is 6.03 Å². The molecule has 3 rings (SSSR count). The number of urea groups is 1. The van der Waals surface area contributed by atoms with E-state index in [0.29, 0.717) is 25.7 Å². The molecular weight excluding hydrogens is 318 g/mol. The number of carbonyl (C=O) groups excluding carboxylic acids is 2. The number of hydrogen-bond acceptors (Lipinski definition) is 4. The normalized spacial score (nSPS) is 24.8. The van der Waals surface area contributed by atoms with E-state index >= 15 is 0 Å². The second kappa shape index (κ2) is 8.52. The number of rotatable bonds is 6. The minimum absolute atomic E-state index is 0.0133. The molecule has 7 nitrogen and oxygen atoms in total. The maximum absolute atomic E-state index is 12.5. The van der Waals surface area contributed by atoms with Crippen LogP contribution < -0.4 is 5.32 Å². The van der Waals surface area contributed by atoms with Crippen LogP contribution in [0.3, 0.4) is 0 Å². The highest BCUT2D eigenvalue weighted by Crippen LogP contribution is 2.25. The zero-order valence-electron chi connectivity index (χ0n) is 15.0. The van der Waals surface area contributed by atoms with Crippen LogP contribution in [0, 0.1) is 11.3 Å². The predicted molar refractivity (Wildman–Crippen MR) is 93.8 cm³/mol. The maximum Gasteiger partial charge on any atom is 0.320 e. The van der Waals surface area contributed by atoms with Crippen LogP contribution in [-0.4, -0.2) is 78.0 Å². The van der Waals surface area contributed by atoms with Crippen molar-refractivity contribution < 1.29 is 9.59 Å². The fraction of sp³-hybridized carbons (Fsp3) is 0.833. The van der Waals surface area contributed by atoms with Gasteiger partial charge in [0.1, 0.15) is 6.04 Å². The number of amides is 3. The summed E-state index contributed by atoms with van der Waals surface area (Å²) in [6.07, 6.45) is 7.73. The van der Waals surface area contributed by atoms with Crippen LogP contribution in [0.1, 0.15) is 44.9 Å². The Bertz CT molecular complexity index is 526. The van der Waals surface area contributed by atoms with Crippen molar-refractivity contribution in [1.29, 1.82) is 5.26 Å². The molecular formula is C18H29N5O2. The van der Waals surface area contributed by atoms with Crippen molar-refractivity contribution in [3.05, 3.63) is 0 Å². The lowest BCUT2D eigenvalue weighted by Crippen LogP contribution is -2.44. The number of nitriles is 1. The number of nitrogens with zero attached hydrogens (tertiary/aromatic N) is 4. The number of carbonyl (C=O) groups is 2. The van der Waals surface area contributed by atoms with Gasteiger partial charge in [0.15, 0.2) is 0 Å². The molecule has 25 heavy (non-hydrogen) atoms. The first-order valence-electron chi connectivity index (χ1n) is 9.66. The molecule has 0 aromatic rings. The molecule has 0 aromatic heterocycles. The quantitative estimate of drug-likeness (QED) is 0.731. The summed E-state index contributed by atoms with van der Waals surface area (Å²) in [6.45, 7) is 3.79. The van der Waals surface area contributed by atoms with Crippen molar-refractivity contribution >= 4 is 11.9 Å². The molecule has 2 saturated heterocycles. The average Bonchev–Trinajstić information content (AvgIpc) is 3.26. The maximum atomic E-state index is 12.5. The van der Waals surface area contributed by atoms with Crippen LogP contribution >= 0.6 is 0 Å². The lowest BCUT2D eigenvalue weighted by molar-refractivity contribution is -0.130. The zero-order valence-corrected chi connectivity index (χ0v) is 15.0. The Kier molecular flexibility index (Phi) is 6.14. The van der Waals surface area contributed by atoms with E-state index < -0.39 is 0 Å². The first-order valence-corrected chi connectivity index (χ1v) is 9.66. The number of likely N-dealkylation sites (tertiary alicyclic amines) is 1. The molecule has 3 aliphatic rings. The van der Waals surface area contributed by atoms with Gasteiger partial charge in [-0.2, -0.15) is 5.26 Å². The molecule has 2 heterocycles. The summed E-state index contributed by atoms with van der Waals surface area (Å²) in [5, 5.41) is 12.2. The fourth-order valence-corrected chi connectivity index (χ4v) is 4.25. The van der Waals surface area contributed by atoms with Gasteiger partial charge in [0, 0.05) is 38.8 Å². The summed E-state index contributed by atoms with van der Waals surface area (Å²) in [5.74, 6) is -0.0133. The van der Waals surface area contributed by atoms with Crippen LogP contribution in [0.2, 0.25) is 0 Å². The summed E-state index contributed by atoms with van der Waals surface area (Å²) in [7, 11) is 0. The third kappa shape index (κ3) is 4.24. The minimum atomic E-state index is -0.265. The second-order valence-corrected chi connectivity index (χ2v) is 7.31. The van der Waals surface area contributed by atoms with Crippen molar-refractivity contribution in [2.45, 2.75) is 57.0 Å². The summed E-state index contributed by atoms with van der Waals surface area (Å²) in [4.78, 5) is 30.3. The Morgan fingerprint density at radius 3 is 2.68 bits per heavy atom. The van der Waals surface area contributed by atoms with Crippen LogP contribution in [0.4, 0.5) is 4.79 Å². The standard InChI is InChI=1S/C18H29N5O2/c19-13-16-7-4-9-22(16)17(24)14-20-8-10-21-11-12-23(18(21)25)15-5-2-1-3-6-15/h15-16,20H,1-12,14H2/t16-/m0/s1. The van der Waals surface area contributed by atoms with E-state index in [9.17, 15) is 9.59 Å². The molecule has 1 atom stereocenters. The van der Waals surface area contributed by atoms with Crippen LogP contribution in [-0.2, 0) is 4.79 Å². The van der Waals surface area contributed by atoms with Crippen molar-refractivity contribution in [3.63, 3.8) is 0 Å². The average molecular weight is 347 g/mol. The molecule has 0 bridgehead atoms. The molecule has 0 aromatic carbocycles. The van der Waals surface area contributed by atoms with E-state index in [2.05, 4.69) is 11.4 Å². The van der Waals surface area contributed by atoms with Gasteiger partial charge in [-0.25, -0.2) is 4.79 Å². The molecule has 3 fully saturated rings. The lowest BCUT2D eigenvalue weighted by atomic mass is 9.94. The highest BCUT2D eigenvalue weighted by atomic mass is 16.2. The summed E-state index contributed by atoms with van der Waals surface area (Å²) in [5.41, 5.74) is 0. The SMILES string of the molecule is N#C[C@@H]1CCCN1C(=O)CNCCN1CCN(C2CCCCC2)C1=O. The van der Waals surface area contributed by atoms with E-state index in [1.807, 2.05) is 9.80 Å². The van der Waals surface area contributed by atoms with Crippen molar-refractivity contribution in [1.82, 2.24) is 20.0 Å². The van der Waals surface area contributed by atoms with Gasteiger partial charge in [-0.15, -0.1) is 0 Å². The molecule has 0 unspecified atom stereocenters. The molecule has 0 radical (unpaired) electrons. The largest absolute Gasteiger partial charge is 0.326 e. The summed E-state index contributed by atoms with van der Waals surface area (Å²) < 4.78 is 0. The number of nitrogens with one attached hydrogen (secondary N) is 1. The molecule has 1 aliphatic carbocycles. The fourth-order valence-electron chi connectivity index (χ4n) is 4.25. The van der Waals surface area contributed by atoms with Gasteiger partial charge in [-0.1, -0.05) is 19.3 Å². The van der Waals surface area contributed by atoms with Crippen molar-refractivity contribution in [2.75, 3.05) is 39.3 Å². The van der Waals surface area contributed by atoms with Crippen LogP contribution in [0.5, 0.6) is 0 Å². The molecule has 1 N–H and O–H groups in total. The van der Waals surface area contributed by atoms with E-state index in [1.165, 1.54) is 19.3 Å². The third-order valence-corrected chi connectivity index (χ3v) is 5.70. The van der Waals surface area contributed by atoms with Crippen molar-refractivity contribution in [3.8, 4) is 6.07 Å². The molecule has 138 valence electrons. The first-order chi connectivity index (χ1) is 12.2. The Morgan fingerprint density at radius 1 is 1.12 bits per heavy atom. The van der Waals surface area contributed by atoms with Gasteiger partial charge in [-0.05, 0) is 25.7 Å². The van der Waals surface area contributed by atoms with Gasteiger partial charge in [0.2, 0.25) is 5.91 Å². The zero-order chi connectivity index (χ0) is 17.6. The monoisotopic (exact) mass is 347 g/mol. The number of hydrogen-bond donors (Lipinski definition) is 1. The molecule has 0 spiro atoms. The topological polar surface area (TPSA) is 79.7 Å². The van der Waals surface area contributed by atoms with Crippen molar-refractivity contribution in [2.24, 2.45) is 0 Å². The van der Waals surface area contributed by atoms with Gasteiger partial charge < -0.3 is 20.0 Å². The lowest BCUT2D eigenvalue weighted by Gasteiger charge is -2.30. The third-order valence-electron chi connectivity index (χ3n) is 5.70. The van der Waals surface area contributed by atoms with E-state index in [4.69, 9.17) is 5.26 Å². The van der Waals surface area contributed by atoms with Gasteiger partial charge in [0.25, 0.3) is 0 Å². The van der Waals surface area contributed by atoms with Gasteiger partial charge in [0.05, 0.1) is 12.6 Å². The highest BCUT2D eigenvalue weighted by molar-refractivity contribution is 5.79. The predicted octanol–water partition coefficient (Wildman–Crippen LogP) is 1.16. The Morgan fingerprint density at radius 2 is 1.92 bits per heavy atom. The molecule has 3 amide bonds. The van der Waals surface area contributed by atoms with Crippen LogP contribution in [0.25, 0.3) is 0 Å². The Balaban J connectivity index is 1.36. The second-order valence-electron chi connectivity index (χ2n) is 7.31. The Hall–Kier alpha value is -1.81. The molecule has 2 aliphatic heterocycles. The smallest absolute Gasteiger partial charge is 0.320 e. The van der Waals surface area contributed by atoms with Gasteiger partial charge in [-0.3, -0.25) is 4.79 Å².